The second kappa shape index (κ2) is 2.68. The Bertz CT molecular complexity index is 84.6. The Labute approximate surface area is 56.5 Å². The molecule has 9 heavy (non-hydrogen) atoms. The molecule has 0 nitrogen and oxygen atoms in total. The summed E-state index contributed by atoms with van der Waals surface area (Å²) in [6.45, 7) is 4.40. The van der Waals surface area contributed by atoms with Gasteiger partial charge in [-0.3, -0.25) is 0 Å². The Kier molecular flexibility index (Phi) is 2.09. The monoisotopic (exact) mass is 130 g/mol. The lowest BCUT2D eigenvalue weighted by Crippen LogP contribution is -2.29. The molecule has 54 valence electrons. The molecule has 1 saturated carbocycles. The fourth-order valence-corrected chi connectivity index (χ4v) is 1.39. The summed E-state index contributed by atoms with van der Waals surface area (Å²) in [4.78, 5) is 0. The van der Waals surface area contributed by atoms with Gasteiger partial charge in [0.1, 0.15) is 6.17 Å². The zero-order valence-corrected chi connectivity index (χ0v) is 6.23. The third-order valence-electron chi connectivity index (χ3n) is 2.57. The maximum atomic E-state index is 12.3. The van der Waals surface area contributed by atoms with Crippen LogP contribution in [0.15, 0.2) is 0 Å². The molecule has 1 rings (SSSR count). The topological polar surface area (TPSA) is 0 Å². The van der Waals surface area contributed by atoms with Gasteiger partial charge in [0.15, 0.2) is 0 Å². The van der Waals surface area contributed by atoms with E-state index >= 15 is 0 Å². The second-order valence-electron chi connectivity index (χ2n) is 3.21. The molecular formula is C8H15F. The molecule has 1 unspecified atom stereocenters. The van der Waals surface area contributed by atoms with E-state index < -0.39 is 6.17 Å². The highest BCUT2D eigenvalue weighted by Crippen LogP contribution is 2.36. The average molecular weight is 130 g/mol. The molecular weight excluding hydrogens is 115 g/mol. The van der Waals surface area contributed by atoms with Crippen LogP contribution < -0.4 is 0 Å². The second-order valence-corrected chi connectivity index (χ2v) is 3.21. The fraction of sp³-hybridized carbons (Fsp3) is 1.00. The van der Waals surface area contributed by atoms with E-state index in [0.29, 0.717) is 5.92 Å². The van der Waals surface area contributed by atoms with E-state index in [0.717, 1.165) is 18.8 Å². The third-order valence-corrected chi connectivity index (χ3v) is 2.57. The lowest BCUT2D eigenvalue weighted by atomic mass is 9.74. The van der Waals surface area contributed by atoms with Gasteiger partial charge in [-0.1, -0.05) is 20.3 Å². The molecule has 0 aromatic heterocycles. The number of rotatable bonds is 2. The largest absolute Gasteiger partial charge is 0.247 e. The summed E-state index contributed by atoms with van der Waals surface area (Å²) in [5, 5.41) is 0. The zero-order valence-electron chi connectivity index (χ0n) is 6.23. The van der Waals surface area contributed by atoms with Gasteiger partial charge in [0.25, 0.3) is 0 Å². The van der Waals surface area contributed by atoms with E-state index in [-0.39, 0.29) is 0 Å². The van der Waals surface area contributed by atoms with Gasteiger partial charge in [0.2, 0.25) is 0 Å². The molecule has 0 N–H and O–H groups in total. The van der Waals surface area contributed by atoms with Crippen LogP contribution >= 0.6 is 0 Å². The SMILES string of the molecule is CCC(C)C1CC(F)C1. The van der Waals surface area contributed by atoms with Gasteiger partial charge in [0, 0.05) is 0 Å². The molecule has 1 heteroatoms. The van der Waals surface area contributed by atoms with E-state index in [1.807, 2.05) is 0 Å². The molecule has 0 amide bonds. The van der Waals surface area contributed by atoms with Gasteiger partial charge in [-0.15, -0.1) is 0 Å². The highest BCUT2D eigenvalue weighted by Gasteiger charge is 2.31. The van der Waals surface area contributed by atoms with Crippen LogP contribution in [0.1, 0.15) is 33.1 Å². The molecule has 1 atom stereocenters. The normalized spacial score (nSPS) is 37.7. The van der Waals surface area contributed by atoms with E-state index in [1.54, 1.807) is 0 Å². The molecule has 0 aliphatic heterocycles. The maximum Gasteiger partial charge on any atom is 0.101 e. The van der Waals surface area contributed by atoms with Crippen LogP contribution in [0, 0.1) is 11.8 Å². The Morgan fingerprint density at radius 1 is 1.56 bits per heavy atom. The Hall–Kier alpha value is -0.0700. The Morgan fingerprint density at radius 3 is 2.44 bits per heavy atom. The van der Waals surface area contributed by atoms with Crippen molar-refractivity contribution in [2.75, 3.05) is 0 Å². The van der Waals surface area contributed by atoms with Crippen LogP contribution in [0.3, 0.4) is 0 Å². The van der Waals surface area contributed by atoms with Gasteiger partial charge >= 0.3 is 0 Å². The summed E-state index contributed by atoms with van der Waals surface area (Å²) in [5.74, 6) is 1.45. The molecule has 0 spiro atoms. The van der Waals surface area contributed by atoms with Crippen LogP contribution in [0.4, 0.5) is 4.39 Å². The van der Waals surface area contributed by atoms with Crippen LogP contribution in [0.25, 0.3) is 0 Å². The molecule has 1 aliphatic carbocycles. The number of hydrogen-bond donors (Lipinski definition) is 0. The standard InChI is InChI=1S/C8H15F/c1-3-6(2)7-4-8(9)5-7/h6-8H,3-5H2,1-2H3. The van der Waals surface area contributed by atoms with Crippen LogP contribution in [0.2, 0.25) is 0 Å². The molecule has 0 aromatic carbocycles. The molecule has 0 bridgehead atoms. The highest BCUT2D eigenvalue weighted by molar-refractivity contribution is 4.81. The summed E-state index contributed by atoms with van der Waals surface area (Å²) < 4.78 is 12.3. The summed E-state index contributed by atoms with van der Waals surface area (Å²) in [7, 11) is 0. The average Bonchev–Trinajstić information content (AvgIpc) is 1.79. The highest BCUT2D eigenvalue weighted by atomic mass is 19.1. The summed E-state index contributed by atoms with van der Waals surface area (Å²) in [6.07, 6.45) is 2.39. The van der Waals surface area contributed by atoms with Crippen molar-refractivity contribution < 1.29 is 4.39 Å². The summed E-state index contributed by atoms with van der Waals surface area (Å²) >= 11 is 0. The Balaban J connectivity index is 2.15. The lowest BCUT2D eigenvalue weighted by Gasteiger charge is -2.34. The van der Waals surface area contributed by atoms with Crippen LogP contribution in [-0.4, -0.2) is 6.17 Å². The minimum absolute atomic E-state index is 0.469. The Morgan fingerprint density at radius 2 is 2.11 bits per heavy atom. The molecule has 0 radical (unpaired) electrons. The summed E-state index contributed by atoms with van der Waals surface area (Å²) in [6, 6.07) is 0. The van der Waals surface area contributed by atoms with Crippen molar-refractivity contribution in [2.24, 2.45) is 11.8 Å². The van der Waals surface area contributed by atoms with E-state index in [1.165, 1.54) is 6.42 Å². The molecule has 0 heterocycles. The maximum absolute atomic E-state index is 12.3. The molecule has 0 saturated heterocycles. The number of alkyl halides is 1. The smallest absolute Gasteiger partial charge is 0.101 e. The molecule has 1 fully saturated rings. The van der Waals surface area contributed by atoms with Crippen LogP contribution in [-0.2, 0) is 0 Å². The first-order chi connectivity index (χ1) is 4.24. The molecule has 1 aliphatic rings. The van der Waals surface area contributed by atoms with Crippen molar-refractivity contribution in [1.29, 1.82) is 0 Å². The van der Waals surface area contributed by atoms with Gasteiger partial charge in [-0.25, -0.2) is 4.39 Å². The third kappa shape index (κ3) is 1.44. The first kappa shape index (κ1) is 7.04. The first-order valence-corrected chi connectivity index (χ1v) is 3.88. The number of halogens is 1. The zero-order chi connectivity index (χ0) is 6.85. The van der Waals surface area contributed by atoms with Gasteiger partial charge in [-0.05, 0) is 24.7 Å². The minimum atomic E-state index is -0.469. The van der Waals surface area contributed by atoms with Crippen LogP contribution in [0.5, 0.6) is 0 Å². The van der Waals surface area contributed by atoms with Crippen molar-refractivity contribution in [2.45, 2.75) is 39.3 Å². The molecule has 0 aromatic rings. The fourth-order valence-electron chi connectivity index (χ4n) is 1.39. The van der Waals surface area contributed by atoms with Crippen molar-refractivity contribution >= 4 is 0 Å². The van der Waals surface area contributed by atoms with E-state index in [4.69, 9.17) is 0 Å². The predicted octanol–water partition coefficient (Wildman–Crippen LogP) is 2.78. The number of hydrogen-bond acceptors (Lipinski definition) is 0. The first-order valence-electron chi connectivity index (χ1n) is 3.88. The quantitative estimate of drug-likeness (QED) is 0.539. The lowest BCUT2D eigenvalue weighted by molar-refractivity contribution is 0.0886. The van der Waals surface area contributed by atoms with E-state index in [9.17, 15) is 4.39 Å². The predicted molar refractivity (Wildman–Crippen MR) is 37.1 cm³/mol. The van der Waals surface area contributed by atoms with Gasteiger partial charge in [0.05, 0.1) is 0 Å². The van der Waals surface area contributed by atoms with Crippen molar-refractivity contribution in [1.82, 2.24) is 0 Å². The minimum Gasteiger partial charge on any atom is -0.247 e. The van der Waals surface area contributed by atoms with Crippen molar-refractivity contribution in [3.05, 3.63) is 0 Å². The van der Waals surface area contributed by atoms with Crippen molar-refractivity contribution in [3.63, 3.8) is 0 Å². The summed E-state index contributed by atoms with van der Waals surface area (Å²) in [5.41, 5.74) is 0. The van der Waals surface area contributed by atoms with Gasteiger partial charge in [-0.2, -0.15) is 0 Å². The van der Waals surface area contributed by atoms with Crippen molar-refractivity contribution in [3.8, 4) is 0 Å². The van der Waals surface area contributed by atoms with Gasteiger partial charge < -0.3 is 0 Å². The van der Waals surface area contributed by atoms with E-state index in [2.05, 4.69) is 13.8 Å².